The van der Waals surface area contributed by atoms with E-state index in [0.717, 1.165) is 81.7 Å². The Hall–Kier alpha value is -8.02. The van der Waals surface area contributed by atoms with Crippen LogP contribution in [0.15, 0.2) is 194 Å². The average molecular weight is 1710 g/mol. The van der Waals surface area contributed by atoms with Crippen LogP contribution >= 0.6 is 90.7 Å². The highest BCUT2D eigenvalue weighted by Gasteiger charge is 2.24. The van der Waals surface area contributed by atoms with Crippen LogP contribution in [-0.4, -0.2) is 29.6 Å². The Morgan fingerprint density at radius 1 is 0.196 bits per heavy atom. The molecule has 0 unspecified atom stereocenters. The van der Waals surface area contributed by atoms with Crippen molar-refractivity contribution in [3.63, 3.8) is 0 Å². The highest BCUT2D eigenvalue weighted by Crippen LogP contribution is 2.25. The lowest BCUT2D eigenvalue weighted by atomic mass is 10.3. The number of fused-ring (bicyclic) bond motifs is 8. The lowest BCUT2D eigenvalue weighted by Crippen LogP contribution is -2.39. The molecule has 0 fully saturated rings. The van der Waals surface area contributed by atoms with E-state index in [2.05, 4.69) is 0 Å². The van der Waals surface area contributed by atoms with Gasteiger partial charge in [-0.25, -0.2) is 0 Å². The second-order valence-electron chi connectivity index (χ2n) is 21.6. The van der Waals surface area contributed by atoms with Crippen molar-refractivity contribution in [1.29, 1.82) is 0 Å². The van der Waals surface area contributed by atoms with Crippen molar-refractivity contribution in [1.82, 2.24) is 0 Å². The molecule has 16 nitrogen and oxygen atoms in total. The molecule has 592 valence electrons. The number of thiazole rings is 8. The summed E-state index contributed by atoms with van der Waals surface area (Å²) in [4.78, 5) is 0. The van der Waals surface area contributed by atoms with E-state index in [-0.39, 0.29) is 42.1 Å². The quantitative estimate of drug-likeness (QED) is 0.0809. The molecule has 8 heterocycles. The van der Waals surface area contributed by atoms with Crippen molar-refractivity contribution < 1.29 is 129 Å². The number of nitrogens with zero attached hydrogens (tertiary/aromatic N) is 8. The molecule has 0 spiro atoms. The van der Waals surface area contributed by atoms with Crippen LogP contribution in [0, 0.1) is 42.1 Å². The SMILES string of the molecule is CC[n+]1c(F)sc2ccccc21.CC[n+]1c(F)sc2ccccc21.CC[n+]1c(F)sc2ccccc21.CC[n+]1c(F)sc2ccccc21.CC[n+]1c(F)sc2ccccc21.CC[n+]1c(F)sc2ccccc21.CC[n+]1c(F)sc2ccccc21.CC[n+]1c(F)sc2ccccc21.[O-]B([O-])F.[O-]B([O-])F.[O-]B([O-])F.[O-]B([O-])F. The highest BCUT2D eigenvalue weighted by molar-refractivity contribution is 7.18. The van der Waals surface area contributed by atoms with Crippen LogP contribution in [0.3, 0.4) is 0 Å². The summed E-state index contributed by atoms with van der Waals surface area (Å²) >= 11 is 9.60. The van der Waals surface area contributed by atoms with E-state index in [9.17, 15) is 52.4 Å². The topological polar surface area (TPSA) is 216 Å². The molecule has 0 amide bonds. The van der Waals surface area contributed by atoms with E-state index in [1.807, 2.05) is 250 Å². The zero-order valence-electron chi connectivity index (χ0n) is 61.1. The summed E-state index contributed by atoms with van der Waals surface area (Å²) in [6.07, 6.45) is 0. The van der Waals surface area contributed by atoms with Crippen LogP contribution in [0.5, 0.6) is 0 Å². The summed E-state index contributed by atoms with van der Waals surface area (Å²) in [6.45, 7) is 21.1. The monoisotopic (exact) mass is 1700 g/mol. The van der Waals surface area contributed by atoms with E-state index < -0.39 is 29.6 Å². The summed E-state index contributed by atoms with van der Waals surface area (Å²) in [6, 6.07) is 61.9. The van der Waals surface area contributed by atoms with Gasteiger partial charge in [0.25, 0.3) is 0 Å². The van der Waals surface area contributed by atoms with Crippen molar-refractivity contribution >= 4 is 202 Å². The fourth-order valence-electron chi connectivity index (χ4n) is 10.4. The van der Waals surface area contributed by atoms with Gasteiger partial charge in [0.05, 0.1) is 0 Å². The van der Waals surface area contributed by atoms with Crippen LogP contribution in [0.2, 0.25) is 0 Å². The molecule has 0 saturated heterocycles. The van der Waals surface area contributed by atoms with Crippen LogP contribution in [-0.2, 0) is 52.4 Å². The van der Waals surface area contributed by atoms with Gasteiger partial charge in [0, 0.05) is 48.5 Å². The first-order valence-corrected chi connectivity index (χ1v) is 40.5. The number of hydrogen-bond acceptors (Lipinski definition) is 16. The van der Waals surface area contributed by atoms with Crippen molar-refractivity contribution in [2.24, 2.45) is 0 Å². The summed E-state index contributed by atoms with van der Waals surface area (Å²) in [5, 5.41) is 65.5. The van der Waals surface area contributed by atoms with E-state index in [1.165, 1.54) is 90.7 Å². The number of halogens is 12. The lowest BCUT2D eigenvalue weighted by molar-refractivity contribution is -0.690. The van der Waals surface area contributed by atoms with E-state index in [4.69, 9.17) is 40.2 Å². The van der Waals surface area contributed by atoms with Crippen LogP contribution in [0.4, 0.5) is 52.4 Å². The number of rotatable bonds is 8. The third-order valence-electron chi connectivity index (χ3n) is 15.0. The smallest absolute Gasteiger partial charge is 0.421 e. The third-order valence-corrected chi connectivity index (χ3v) is 22.7. The molecule has 0 bridgehead atoms. The molecule has 0 atom stereocenters. The van der Waals surface area contributed by atoms with Crippen LogP contribution in [0.25, 0.3) is 81.7 Å². The fraction of sp³-hybridized carbons (Fsp3) is 0.222. The molecule has 0 aliphatic carbocycles. The number of hydrogen-bond donors (Lipinski definition) is 0. The van der Waals surface area contributed by atoms with Crippen molar-refractivity contribution in [2.45, 2.75) is 108 Å². The summed E-state index contributed by atoms with van der Waals surface area (Å²) in [7, 11) is -12.7. The normalized spacial score (nSPS) is 10.2. The summed E-state index contributed by atoms with van der Waals surface area (Å²) in [5.41, 5.74) is 7.91. The molecular formula is C72H72B4F12N8O8S8. The molecule has 0 aliphatic heterocycles. The minimum atomic E-state index is -3.17. The fourth-order valence-corrected chi connectivity index (χ4v) is 18.0. The van der Waals surface area contributed by atoms with Gasteiger partial charge in [0.2, 0.25) is 44.1 Å². The van der Waals surface area contributed by atoms with Crippen LogP contribution in [0.1, 0.15) is 55.4 Å². The Bertz CT molecular complexity index is 4490. The number of para-hydroxylation sites is 8. The maximum absolute atomic E-state index is 13.2. The number of aromatic nitrogens is 8. The van der Waals surface area contributed by atoms with Gasteiger partial charge in [0.15, 0.2) is 0 Å². The molecule has 8 aromatic carbocycles. The van der Waals surface area contributed by atoms with Gasteiger partial charge in [-0.2, -0.15) is 36.5 Å². The second-order valence-corrected chi connectivity index (χ2v) is 29.5. The molecule has 8 aromatic heterocycles. The van der Waals surface area contributed by atoms with E-state index in [0.29, 0.717) is 52.4 Å². The van der Waals surface area contributed by atoms with Gasteiger partial charge in [-0.3, -0.25) is 0 Å². The molecule has 16 rings (SSSR count). The minimum Gasteiger partial charge on any atom is -0.867 e. The van der Waals surface area contributed by atoms with Gasteiger partial charge in [-0.1, -0.05) is 97.1 Å². The Labute approximate surface area is 670 Å². The van der Waals surface area contributed by atoms with Gasteiger partial charge in [-0.05, 0) is 195 Å². The molecule has 0 aliphatic rings. The zero-order valence-corrected chi connectivity index (χ0v) is 67.6. The summed E-state index contributed by atoms with van der Waals surface area (Å²) in [5.74, 6) is 0. The Morgan fingerprint density at radius 3 is 0.357 bits per heavy atom. The average Bonchev–Trinajstić information content (AvgIpc) is 1.74. The first-order chi connectivity index (χ1) is 53.5. The molecule has 0 radical (unpaired) electrons. The van der Waals surface area contributed by atoms with E-state index in [1.54, 1.807) is 36.5 Å². The standard InChI is InChI=1S/8C9H9FNS.4BFO2/c8*1-2-11-7-5-3-4-6-8(7)12-9(11)10;4*2-1(3)4/h8*3-6H,2H2,1H3;;;;/q8*+1;4*-2. The first kappa shape index (κ1) is 94.6. The minimum absolute atomic E-state index is 0.112. The molecule has 0 saturated carbocycles. The largest absolute Gasteiger partial charge is 0.867 e. The second kappa shape index (κ2) is 48.9. The van der Waals surface area contributed by atoms with Crippen molar-refractivity contribution in [2.75, 3.05) is 0 Å². The summed E-state index contributed by atoms with van der Waals surface area (Å²) < 4.78 is 167. The van der Waals surface area contributed by atoms with Crippen LogP contribution < -0.4 is 76.7 Å². The molecule has 16 aromatic rings. The van der Waals surface area contributed by atoms with Crippen molar-refractivity contribution in [3.05, 3.63) is 236 Å². The predicted molar refractivity (Wildman–Crippen MR) is 409 cm³/mol. The highest BCUT2D eigenvalue weighted by atomic mass is 32.1. The van der Waals surface area contributed by atoms with Gasteiger partial charge >= 0.3 is 42.1 Å². The maximum atomic E-state index is 13.2. The predicted octanol–water partition coefficient (Wildman–Crippen LogP) is 9.43. The van der Waals surface area contributed by atoms with Gasteiger partial charge in [-0.15, -0.1) is 35.1 Å². The van der Waals surface area contributed by atoms with Gasteiger partial charge < -0.3 is 57.5 Å². The number of benzene rings is 8. The Balaban J connectivity index is 0.000000223. The maximum Gasteiger partial charge on any atom is 0.421 e. The molecule has 40 heteroatoms. The first-order valence-electron chi connectivity index (χ1n) is 33.9. The molecular weight excluding hydrogens is 1630 g/mol. The van der Waals surface area contributed by atoms with Gasteiger partial charge in [0.1, 0.15) is 120 Å². The Morgan fingerprint density at radius 2 is 0.277 bits per heavy atom. The van der Waals surface area contributed by atoms with E-state index >= 15 is 0 Å². The zero-order chi connectivity index (χ0) is 82.7. The third kappa shape index (κ3) is 28.2. The lowest BCUT2D eigenvalue weighted by Gasteiger charge is -2.09. The van der Waals surface area contributed by atoms with Crippen molar-refractivity contribution in [3.8, 4) is 0 Å². The molecule has 0 N–H and O–H groups in total. The number of aryl methyl sites for hydroxylation is 8. The Kier molecular flexibility index (Phi) is 41.3. The molecule has 112 heavy (non-hydrogen) atoms.